The molecule has 0 unspecified atom stereocenters. The van der Waals surface area contributed by atoms with Crippen LogP contribution in [0.5, 0.6) is 0 Å². The summed E-state index contributed by atoms with van der Waals surface area (Å²) in [6.45, 7) is 4.25. The lowest BCUT2D eigenvalue weighted by Crippen LogP contribution is -2.57. The molecule has 2 aromatic carbocycles. The molecule has 1 fully saturated rings. The molecule has 0 aliphatic carbocycles. The van der Waals surface area contributed by atoms with Gasteiger partial charge in [-0.3, -0.25) is 18.7 Å². The highest BCUT2D eigenvalue weighted by Gasteiger charge is 2.50. The summed E-state index contributed by atoms with van der Waals surface area (Å²) in [7, 11) is -3.54. The highest BCUT2D eigenvalue weighted by molar-refractivity contribution is 14.1. The zero-order valence-corrected chi connectivity index (χ0v) is 20.4. The number of carbonyl (C=O) groups is 2. The van der Waals surface area contributed by atoms with Crippen molar-refractivity contribution in [2.75, 3.05) is 0 Å². The van der Waals surface area contributed by atoms with E-state index in [1.165, 1.54) is 13.8 Å². The van der Waals surface area contributed by atoms with Gasteiger partial charge in [-0.25, -0.2) is 0 Å². The van der Waals surface area contributed by atoms with E-state index in [1.54, 1.807) is 55.5 Å². The number of ether oxygens (including phenoxy) is 3. The van der Waals surface area contributed by atoms with Crippen LogP contribution in [0.25, 0.3) is 0 Å². The van der Waals surface area contributed by atoms with Crippen molar-refractivity contribution in [1.82, 2.24) is 0 Å². The smallest absolute Gasteiger partial charge is 0.303 e. The molecule has 1 aliphatic heterocycles. The molecule has 166 valence electrons. The van der Waals surface area contributed by atoms with E-state index in [-0.39, 0.29) is 0 Å². The molecule has 0 aromatic heterocycles. The van der Waals surface area contributed by atoms with Crippen LogP contribution in [0, 0.1) is 0 Å². The van der Waals surface area contributed by atoms with Gasteiger partial charge < -0.3 is 14.2 Å². The summed E-state index contributed by atoms with van der Waals surface area (Å²) in [5.74, 6) is -1.04. The number of halogens is 1. The molecule has 31 heavy (non-hydrogen) atoms. The summed E-state index contributed by atoms with van der Waals surface area (Å²) in [6.07, 6.45) is -3.26. The fraction of sp³-hybridized carbons (Fsp3) is 0.364. The van der Waals surface area contributed by atoms with Gasteiger partial charge in [-0.2, -0.15) is 0 Å². The van der Waals surface area contributed by atoms with E-state index in [1.807, 2.05) is 34.7 Å². The quantitative estimate of drug-likeness (QED) is 0.233. The number of esters is 2. The third kappa shape index (κ3) is 5.55. The summed E-state index contributed by atoms with van der Waals surface area (Å²) < 4.78 is 36.7. The number of alkyl halides is 1. The minimum atomic E-state index is -3.54. The zero-order chi connectivity index (χ0) is 22.6. The molecule has 0 spiro atoms. The maximum Gasteiger partial charge on any atom is 0.303 e. The standard InChI is InChI=1S/C22H24IO7P/c1-14-20(28-15(2)24)21(29-16(3)25)19(23)22(27-14)30-31(26,17-10-6-4-7-11-17)18-12-8-5-9-13-18/h4-14,19-22H,1-3H3/t14-,19-,20-,21-,22+/m0/s1. The molecular formula is C22H24IO7P. The molecule has 3 rings (SSSR count). The fourth-order valence-electron chi connectivity index (χ4n) is 3.39. The van der Waals surface area contributed by atoms with Crippen molar-refractivity contribution in [2.24, 2.45) is 0 Å². The van der Waals surface area contributed by atoms with E-state index in [9.17, 15) is 14.2 Å². The third-order valence-electron chi connectivity index (χ3n) is 4.76. The van der Waals surface area contributed by atoms with Crippen molar-refractivity contribution in [1.29, 1.82) is 0 Å². The van der Waals surface area contributed by atoms with Crippen LogP contribution in [-0.4, -0.2) is 40.5 Å². The second-order valence-corrected chi connectivity index (χ2v) is 10.9. The maximum absolute atomic E-state index is 14.2. The van der Waals surface area contributed by atoms with Gasteiger partial charge in [0, 0.05) is 24.5 Å². The summed E-state index contributed by atoms with van der Waals surface area (Å²) in [5.41, 5.74) is 0. The van der Waals surface area contributed by atoms with Crippen LogP contribution in [0.4, 0.5) is 0 Å². The van der Waals surface area contributed by atoms with Crippen LogP contribution >= 0.6 is 30.0 Å². The monoisotopic (exact) mass is 558 g/mol. The molecular weight excluding hydrogens is 534 g/mol. The Morgan fingerprint density at radius 2 is 1.32 bits per heavy atom. The third-order valence-corrected chi connectivity index (χ3v) is 8.51. The van der Waals surface area contributed by atoms with Gasteiger partial charge in [0.15, 0.2) is 18.5 Å². The SMILES string of the molecule is CC(=O)O[C@@H]1[C@@H](OC(C)=O)[C@H](I)[C@@H](OP(=O)(c2ccccc2)c2ccccc2)O[C@H]1C. The van der Waals surface area contributed by atoms with Crippen LogP contribution in [0.2, 0.25) is 0 Å². The molecule has 0 amide bonds. The Morgan fingerprint density at radius 3 is 1.77 bits per heavy atom. The van der Waals surface area contributed by atoms with Crippen molar-refractivity contribution in [3.63, 3.8) is 0 Å². The average Bonchev–Trinajstić information content (AvgIpc) is 2.75. The Kier molecular flexibility index (Phi) is 7.91. The number of benzene rings is 2. The predicted molar refractivity (Wildman–Crippen MR) is 124 cm³/mol. The molecule has 5 atom stereocenters. The Labute approximate surface area is 195 Å². The second-order valence-electron chi connectivity index (χ2n) is 7.13. The van der Waals surface area contributed by atoms with Crippen molar-refractivity contribution < 1.29 is 32.9 Å². The lowest BCUT2D eigenvalue weighted by atomic mass is 10.0. The molecule has 1 heterocycles. The lowest BCUT2D eigenvalue weighted by Gasteiger charge is -2.43. The molecule has 1 saturated heterocycles. The number of hydrogen-bond donors (Lipinski definition) is 0. The summed E-state index contributed by atoms with van der Waals surface area (Å²) >= 11 is 2.03. The Hall–Kier alpha value is -1.74. The van der Waals surface area contributed by atoms with Crippen LogP contribution in [0.3, 0.4) is 0 Å². The molecule has 0 N–H and O–H groups in total. The highest BCUT2D eigenvalue weighted by atomic mass is 127. The van der Waals surface area contributed by atoms with Crippen LogP contribution in [0.15, 0.2) is 60.7 Å². The summed E-state index contributed by atoms with van der Waals surface area (Å²) in [6, 6.07) is 17.8. The van der Waals surface area contributed by atoms with Gasteiger partial charge in [0.1, 0.15) is 3.92 Å². The van der Waals surface area contributed by atoms with Gasteiger partial charge in [-0.05, 0) is 31.2 Å². The van der Waals surface area contributed by atoms with E-state index in [0.29, 0.717) is 10.6 Å². The lowest BCUT2D eigenvalue weighted by molar-refractivity contribution is -0.227. The van der Waals surface area contributed by atoms with Gasteiger partial charge in [-0.1, -0.05) is 59.0 Å². The van der Waals surface area contributed by atoms with E-state index in [0.717, 1.165) is 0 Å². The van der Waals surface area contributed by atoms with Gasteiger partial charge in [0.25, 0.3) is 7.37 Å². The van der Waals surface area contributed by atoms with Crippen LogP contribution < -0.4 is 10.6 Å². The second kappa shape index (κ2) is 10.3. The first-order valence-electron chi connectivity index (χ1n) is 9.76. The molecule has 0 radical (unpaired) electrons. The predicted octanol–water partition coefficient (Wildman–Crippen LogP) is 3.34. The minimum absolute atomic E-state index is 0.514. The number of carbonyl (C=O) groups excluding carboxylic acids is 2. The topological polar surface area (TPSA) is 88.1 Å². The van der Waals surface area contributed by atoms with Gasteiger partial charge in [0.05, 0.1) is 6.10 Å². The highest BCUT2D eigenvalue weighted by Crippen LogP contribution is 2.48. The Bertz CT molecular complexity index is 909. The average molecular weight is 558 g/mol. The molecule has 0 saturated carbocycles. The summed E-state index contributed by atoms with van der Waals surface area (Å²) in [5, 5.41) is 1.04. The molecule has 0 bridgehead atoms. The van der Waals surface area contributed by atoms with E-state index in [4.69, 9.17) is 18.7 Å². The van der Waals surface area contributed by atoms with Gasteiger partial charge in [-0.15, -0.1) is 0 Å². The first-order chi connectivity index (χ1) is 14.7. The van der Waals surface area contributed by atoms with Crippen LogP contribution in [-0.2, 0) is 32.9 Å². The van der Waals surface area contributed by atoms with Crippen molar-refractivity contribution in [3.05, 3.63) is 60.7 Å². The molecule has 1 aliphatic rings. The van der Waals surface area contributed by atoms with Crippen molar-refractivity contribution >= 4 is 52.5 Å². The largest absolute Gasteiger partial charge is 0.457 e. The Morgan fingerprint density at radius 1 is 0.871 bits per heavy atom. The first kappa shape index (κ1) is 23.9. The zero-order valence-electron chi connectivity index (χ0n) is 17.3. The normalized spacial score (nSPS) is 26.1. The van der Waals surface area contributed by atoms with E-state index < -0.39 is 47.8 Å². The Balaban J connectivity index is 1.97. The molecule has 2 aromatic rings. The minimum Gasteiger partial charge on any atom is -0.457 e. The van der Waals surface area contributed by atoms with Crippen LogP contribution in [0.1, 0.15) is 20.8 Å². The van der Waals surface area contributed by atoms with Gasteiger partial charge in [0.2, 0.25) is 0 Å². The summed E-state index contributed by atoms with van der Waals surface area (Å²) in [4.78, 5) is 23.3. The van der Waals surface area contributed by atoms with Crippen molar-refractivity contribution in [2.45, 2.75) is 49.3 Å². The fourth-order valence-corrected chi connectivity index (χ4v) is 6.64. The van der Waals surface area contributed by atoms with Gasteiger partial charge >= 0.3 is 11.9 Å². The van der Waals surface area contributed by atoms with Crippen molar-refractivity contribution in [3.8, 4) is 0 Å². The number of hydrogen-bond acceptors (Lipinski definition) is 7. The maximum atomic E-state index is 14.2. The molecule has 7 nitrogen and oxygen atoms in total. The first-order valence-corrected chi connectivity index (χ1v) is 12.6. The number of rotatable bonds is 6. The molecule has 9 heteroatoms. The van der Waals surface area contributed by atoms with E-state index >= 15 is 0 Å². The van der Waals surface area contributed by atoms with E-state index in [2.05, 4.69) is 0 Å².